The van der Waals surface area contributed by atoms with Gasteiger partial charge in [-0.25, -0.2) is 4.39 Å². The minimum absolute atomic E-state index is 0.212. The zero-order valence-electron chi connectivity index (χ0n) is 12.5. The molecule has 0 amide bonds. The van der Waals surface area contributed by atoms with Gasteiger partial charge >= 0.3 is 0 Å². The fraction of sp³-hybridized carbons (Fsp3) is 0.562. The van der Waals surface area contributed by atoms with E-state index in [1.807, 2.05) is 0 Å². The lowest BCUT2D eigenvalue weighted by molar-refractivity contribution is -0.143. The van der Waals surface area contributed by atoms with Crippen molar-refractivity contribution in [1.29, 1.82) is 0 Å². The van der Waals surface area contributed by atoms with Gasteiger partial charge in [-0.2, -0.15) is 9.49 Å². The van der Waals surface area contributed by atoms with E-state index >= 15 is 0 Å². The summed E-state index contributed by atoms with van der Waals surface area (Å²) in [6.07, 6.45) is 3.12. The van der Waals surface area contributed by atoms with Crippen molar-refractivity contribution in [2.24, 2.45) is 11.8 Å². The van der Waals surface area contributed by atoms with E-state index in [1.54, 1.807) is 7.11 Å². The summed E-state index contributed by atoms with van der Waals surface area (Å²) in [4.78, 5) is 0. The van der Waals surface area contributed by atoms with E-state index in [1.165, 1.54) is 12.1 Å². The van der Waals surface area contributed by atoms with Gasteiger partial charge in [-0.3, -0.25) is 5.10 Å². The molecule has 4 rings (SSSR count). The van der Waals surface area contributed by atoms with Crippen molar-refractivity contribution in [3.63, 3.8) is 0 Å². The van der Waals surface area contributed by atoms with E-state index in [9.17, 15) is 8.78 Å². The Kier molecular flexibility index (Phi) is 3.20. The summed E-state index contributed by atoms with van der Waals surface area (Å²) >= 11 is 0. The Morgan fingerprint density at radius 1 is 1.23 bits per heavy atom. The molecule has 1 aromatic carbocycles. The largest absolute Gasteiger partial charge is 0.373 e. The third-order valence-corrected chi connectivity index (χ3v) is 5.43. The molecule has 1 aliphatic carbocycles. The van der Waals surface area contributed by atoms with E-state index in [4.69, 9.17) is 4.74 Å². The van der Waals surface area contributed by atoms with Gasteiger partial charge in [0.25, 0.3) is 0 Å². The van der Waals surface area contributed by atoms with Gasteiger partial charge in [-0.1, -0.05) is 6.42 Å². The second-order valence-electron chi connectivity index (χ2n) is 6.37. The molecular formula is C16H19F2N3O. The first kappa shape index (κ1) is 14.1. The van der Waals surface area contributed by atoms with Crippen LogP contribution >= 0.6 is 0 Å². The third kappa shape index (κ3) is 1.77. The Labute approximate surface area is 127 Å². The molecular weight excluding hydrogens is 288 g/mol. The number of methoxy groups -OCH3 is 1. The van der Waals surface area contributed by atoms with Gasteiger partial charge in [0.15, 0.2) is 0 Å². The van der Waals surface area contributed by atoms with Crippen molar-refractivity contribution >= 4 is 10.9 Å². The molecule has 2 aliphatic rings. The number of piperidine rings is 1. The van der Waals surface area contributed by atoms with Crippen molar-refractivity contribution < 1.29 is 13.5 Å². The summed E-state index contributed by atoms with van der Waals surface area (Å²) in [7, 11) is 1.66. The molecule has 0 radical (unpaired) electrons. The van der Waals surface area contributed by atoms with Crippen LogP contribution in [0.4, 0.5) is 8.78 Å². The first-order chi connectivity index (χ1) is 10.7. The summed E-state index contributed by atoms with van der Waals surface area (Å²) in [6.45, 7) is 1.61. The molecule has 22 heavy (non-hydrogen) atoms. The lowest BCUT2D eigenvalue weighted by Crippen LogP contribution is -2.58. The van der Waals surface area contributed by atoms with Crippen LogP contribution in [0.2, 0.25) is 0 Å². The Morgan fingerprint density at radius 3 is 2.64 bits per heavy atom. The maximum atomic E-state index is 14.3. The Morgan fingerprint density at radius 2 is 1.95 bits per heavy atom. The summed E-state index contributed by atoms with van der Waals surface area (Å²) < 4.78 is 34.4. The van der Waals surface area contributed by atoms with Gasteiger partial charge < -0.3 is 10.1 Å². The molecule has 0 spiro atoms. The highest BCUT2D eigenvalue weighted by molar-refractivity contribution is 5.83. The molecule has 2 unspecified atom stereocenters. The van der Waals surface area contributed by atoms with Crippen LogP contribution in [0.3, 0.4) is 0 Å². The average molecular weight is 307 g/mol. The maximum Gasteiger partial charge on any atom is 0.217 e. The quantitative estimate of drug-likeness (QED) is 0.897. The second-order valence-corrected chi connectivity index (χ2v) is 6.37. The number of benzene rings is 1. The SMILES string of the molecule is COC1(c2cc(F)cc3n[nH]c(F)c23)C2CCCC1CNC2. The monoisotopic (exact) mass is 307 g/mol. The van der Waals surface area contributed by atoms with E-state index in [-0.39, 0.29) is 11.8 Å². The van der Waals surface area contributed by atoms with Crippen molar-refractivity contribution in [2.45, 2.75) is 24.9 Å². The molecule has 1 saturated carbocycles. The maximum absolute atomic E-state index is 14.3. The molecule has 1 aromatic heterocycles. The highest BCUT2D eigenvalue weighted by Crippen LogP contribution is 2.51. The minimum Gasteiger partial charge on any atom is -0.373 e. The number of fused-ring (bicyclic) bond motifs is 3. The minimum atomic E-state index is -0.644. The van der Waals surface area contributed by atoms with Crippen LogP contribution < -0.4 is 5.32 Å². The van der Waals surface area contributed by atoms with Crippen LogP contribution in [0.5, 0.6) is 0 Å². The fourth-order valence-corrected chi connectivity index (χ4v) is 4.58. The van der Waals surface area contributed by atoms with Crippen molar-refractivity contribution in [3.8, 4) is 0 Å². The summed E-state index contributed by atoms with van der Waals surface area (Å²) in [5, 5.41) is 10.0. The Balaban J connectivity index is 2.00. The number of aromatic amines is 1. The lowest BCUT2D eigenvalue weighted by Gasteiger charge is -2.52. The number of H-pyrrole nitrogens is 1. The van der Waals surface area contributed by atoms with Gasteiger partial charge in [0.05, 0.1) is 10.9 Å². The van der Waals surface area contributed by atoms with E-state index in [0.717, 1.165) is 32.4 Å². The first-order valence-electron chi connectivity index (χ1n) is 7.76. The molecule has 6 heteroatoms. The van der Waals surface area contributed by atoms with Crippen LogP contribution in [0, 0.1) is 23.6 Å². The van der Waals surface area contributed by atoms with E-state index in [0.29, 0.717) is 16.5 Å². The number of aromatic nitrogens is 2. The molecule has 2 bridgehead atoms. The summed E-state index contributed by atoms with van der Waals surface area (Å²) in [5.74, 6) is -0.492. The fourth-order valence-electron chi connectivity index (χ4n) is 4.58. The number of nitrogens with zero attached hydrogens (tertiary/aromatic N) is 1. The highest BCUT2D eigenvalue weighted by atomic mass is 19.1. The zero-order valence-corrected chi connectivity index (χ0v) is 12.5. The summed E-state index contributed by atoms with van der Waals surface area (Å²) in [6, 6.07) is 2.69. The number of hydrogen-bond donors (Lipinski definition) is 2. The standard InChI is InChI=1S/C16H19F2N3O/c1-22-16(9-3-2-4-10(16)8-19-7-9)12-5-11(17)6-13-14(12)15(18)21-20-13/h5-6,9-10,19H,2-4,7-8H2,1H3,(H,20,21). The lowest BCUT2D eigenvalue weighted by atomic mass is 9.62. The van der Waals surface area contributed by atoms with Crippen molar-refractivity contribution in [3.05, 3.63) is 29.5 Å². The Hall–Kier alpha value is -1.53. The molecule has 2 heterocycles. The first-order valence-corrected chi connectivity index (χ1v) is 7.76. The van der Waals surface area contributed by atoms with Crippen LogP contribution in [0.25, 0.3) is 10.9 Å². The van der Waals surface area contributed by atoms with Crippen LogP contribution in [0.1, 0.15) is 24.8 Å². The van der Waals surface area contributed by atoms with Crippen molar-refractivity contribution in [1.82, 2.24) is 15.5 Å². The molecule has 2 aromatic rings. The zero-order chi connectivity index (χ0) is 15.3. The van der Waals surface area contributed by atoms with Gasteiger partial charge in [-0.15, -0.1) is 0 Å². The van der Waals surface area contributed by atoms with E-state index < -0.39 is 17.4 Å². The number of nitrogens with one attached hydrogen (secondary N) is 2. The molecule has 4 nitrogen and oxygen atoms in total. The van der Waals surface area contributed by atoms with Gasteiger partial charge in [0.1, 0.15) is 11.4 Å². The smallest absolute Gasteiger partial charge is 0.217 e. The highest BCUT2D eigenvalue weighted by Gasteiger charge is 2.52. The molecule has 2 N–H and O–H groups in total. The normalized spacial score (nSPS) is 31.6. The Bertz CT molecular complexity index is 693. The van der Waals surface area contributed by atoms with Crippen molar-refractivity contribution in [2.75, 3.05) is 20.2 Å². The molecule has 2 atom stereocenters. The third-order valence-electron chi connectivity index (χ3n) is 5.43. The average Bonchev–Trinajstić information content (AvgIpc) is 2.86. The molecule has 2 fully saturated rings. The molecule has 118 valence electrons. The van der Waals surface area contributed by atoms with Crippen LogP contribution in [-0.4, -0.2) is 30.4 Å². The molecule has 1 aliphatic heterocycles. The predicted octanol–water partition coefficient (Wildman–Crippen LogP) is 2.70. The summed E-state index contributed by atoms with van der Waals surface area (Å²) in [5.41, 5.74) is 0.280. The number of hydrogen-bond acceptors (Lipinski definition) is 3. The van der Waals surface area contributed by atoms with Gasteiger partial charge in [0, 0.05) is 43.7 Å². The number of ether oxygens (including phenoxy) is 1. The topological polar surface area (TPSA) is 49.9 Å². The second kappa shape index (κ2) is 4.99. The van der Waals surface area contributed by atoms with Crippen LogP contribution in [-0.2, 0) is 10.3 Å². The van der Waals surface area contributed by atoms with Crippen LogP contribution in [0.15, 0.2) is 12.1 Å². The molecule has 1 saturated heterocycles. The van der Waals surface area contributed by atoms with Gasteiger partial charge in [0.2, 0.25) is 5.95 Å². The number of rotatable bonds is 2. The van der Waals surface area contributed by atoms with E-state index in [2.05, 4.69) is 15.5 Å². The predicted molar refractivity (Wildman–Crippen MR) is 78.4 cm³/mol. The van der Waals surface area contributed by atoms with Gasteiger partial charge in [-0.05, 0) is 18.9 Å². The number of halogens is 2.